The summed E-state index contributed by atoms with van der Waals surface area (Å²) in [6.45, 7) is 4.26. The highest BCUT2D eigenvalue weighted by atomic mass is 35.5. The number of nitrogens with zero attached hydrogens (tertiary/aromatic N) is 2. The van der Waals surface area contributed by atoms with E-state index in [2.05, 4.69) is 5.32 Å². The van der Waals surface area contributed by atoms with Crippen LogP contribution in [0.1, 0.15) is 19.8 Å². The molecule has 0 aromatic heterocycles. The van der Waals surface area contributed by atoms with Crippen LogP contribution in [0.15, 0.2) is 29.2 Å². The number of nitrogens with one attached hydrogen (secondary N) is 1. The van der Waals surface area contributed by atoms with Crippen molar-refractivity contribution in [2.75, 3.05) is 45.0 Å². The molecule has 0 amide bonds. The molecule has 0 saturated carbocycles. The lowest BCUT2D eigenvalue weighted by molar-refractivity contribution is 0.355. The third-order valence-corrected chi connectivity index (χ3v) is 8.30. The fourth-order valence-electron chi connectivity index (χ4n) is 2.71. The van der Waals surface area contributed by atoms with Gasteiger partial charge >= 0.3 is 0 Å². The zero-order valence-electron chi connectivity index (χ0n) is 14.9. The molecule has 10 heteroatoms. The summed E-state index contributed by atoms with van der Waals surface area (Å²) < 4.78 is 53.6. The summed E-state index contributed by atoms with van der Waals surface area (Å²) in [6.07, 6.45) is 1.48. The SMILES string of the molecule is CCCCN(CCS(=O)(=O)N1CCNCC1)S(=O)(=O)c1ccc(Cl)cc1. The Morgan fingerprint density at radius 1 is 1.08 bits per heavy atom. The minimum atomic E-state index is -3.76. The third-order valence-electron chi connectivity index (χ3n) is 4.28. The van der Waals surface area contributed by atoms with Gasteiger partial charge in [0.1, 0.15) is 0 Å². The van der Waals surface area contributed by atoms with Crippen molar-refractivity contribution in [1.82, 2.24) is 13.9 Å². The van der Waals surface area contributed by atoms with Crippen molar-refractivity contribution in [3.8, 4) is 0 Å². The van der Waals surface area contributed by atoms with Gasteiger partial charge in [-0.2, -0.15) is 8.61 Å². The summed E-state index contributed by atoms with van der Waals surface area (Å²) in [5.41, 5.74) is 0. The van der Waals surface area contributed by atoms with Crippen LogP contribution < -0.4 is 5.32 Å². The Morgan fingerprint density at radius 3 is 2.27 bits per heavy atom. The fraction of sp³-hybridized carbons (Fsp3) is 0.625. The lowest BCUT2D eigenvalue weighted by Gasteiger charge is -2.28. The van der Waals surface area contributed by atoms with Crippen molar-refractivity contribution in [3.63, 3.8) is 0 Å². The maximum Gasteiger partial charge on any atom is 0.243 e. The lowest BCUT2D eigenvalue weighted by atomic mass is 10.3. The van der Waals surface area contributed by atoms with E-state index in [0.29, 0.717) is 44.2 Å². The van der Waals surface area contributed by atoms with Gasteiger partial charge in [-0.05, 0) is 30.7 Å². The van der Waals surface area contributed by atoms with Crippen molar-refractivity contribution >= 4 is 31.6 Å². The first-order valence-corrected chi connectivity index (χ1v) is 12.1. The zero-order chi connectivity index (χ0) is 19.2. The van der Waals surface area contributed by atoms with Gasteiger partial charge in [0.2, 0.25) is 20.0 Å². The van der Waals surface area contributed by atoms with Gasteiger partial charge in [0.25, 0.3) is 0 Å². The summed E-state index contributed by atoms with van der Waals surface area (Å²) in [4.78, 5) is 0.123. The van der Waals surface area contributed by atoms with Crippen molar-refractivity contribution in [2.45, 2.75) is 24.7 Å². The maximum absolute atomic E-state index is 12.9. The second-order valence-electron chi connectivity index (χ2n) is 6.18. The van der Waals surface area contributed by atoms with Gasteiger partial charge in [-0.25, -0.2) is 16.8 Å². The number of hydrogen-bond donors (Lipinski definition) is 1. The van der Waals surface area contributed by atoms with Gasteiger partial charge < -0.3 is 5.32 Å². The number of sulfonamides is 2. The van der Waals surface area contributed by atoms with Crippen LogP contribution in [-0.2, 0) is 20.0 Å². The first-order valence-electron chi connectivity index (χ1n) is 8.71. The Labute approximate surface area is 161 Å². The second-order valence-corrected chi connectivity index (χ2v) is 10.6. The molecule has 1 aromatic carbocycles. The first kappa shape index (κ1) is 21.6. The molecule has 0 unspecified atom stereocenters. The largest absolute Gasteiger partial charge is 0.314 e. The number of unbranched alkanes of at least 4 members (excludes halogenated alkanes) is 1. The second kappa shape index (κ2) is 9.48. The van der Waals surface area contributed by atoms with Crippen molar-refractivity contribution in [2.24, 2.45) is 0 Å². The van der Waals surface area contributed by atoms with E-state index in [1.54, 1.807) is 0 Å². The molecule has 1 heterocycles. The number of benzene rings is 1. The smallest absolute Gasteiger partial charge is 0.243 e. The van der Waals surface area contributed by atoms with Gasteiger partial charge in [0.05, 0.1) is 10.6 Å². The van der Waals surface area contributed by atoms with Gasteiger partial charge in [0.15, 0.2) is 0 Å². The summed E-state index contributed by atoms with van der Waals surface area (Å²) in [5.74, 6) is -0.219. The minimum absolute atomic E-state index is 0.0583. The fourth-order valence-corrected chi connectivity index (χ4v) is 5.88. The monoisotopic (exact) mass is 423 g/mol. The number of rotatable bonds is 9. The highest BCUT2D eigenvalue weighted by molar-refractivity contribution is 7.90. The summed E-state index contributed by atoms with van der Waals surface area (Å²) >= 11 is 5.83. The minimum Gasteiger partial charge on any atom is -0.314 e. The Balaban J connectivity index is 2.14. The Bertz CT molecular complexity index is 776. The van der Waals surface area contributed by atoms with Crippen LogP contribution in [0, 0.1) is 0 Å². The summed E-state index contributed by atoms with van der Waals surface area (Å²) in [5, 5.41) is 3.56. The van der Waals surface area contributed by atoms with Crippen LogP contribution in [0.3, 0.4) is 0 Å². The predicted molar refractivity (Wildman–Crippen MR) is 103 cm³/mol. The molecule has 26 heavy (non-hydrogen) atoms. The molecule has 0 spiro atoms. The zero-order valence-corrected chi connectivity index (χ0v) is 17.3. The van der Waals surface area contributed by atoms with Crippen LogP contribution >= 0.6 is 11.6 Å². The van der Waals surface area contributed by atoms with Crippen molar-refractivity contribution in [1.29, 1.82) is 0 Å². The molecule has 7 nitrogen and oxygen atoms in total. The van der Waals surface area contributed by atoms with Gasteiger partial charge in [-0.15, -0.1) is 0 Å². The molecule has 148 valence electrons. The Hall–Kier alpha value is -0.710. The maximum atomic E-state index is 12.9. The van der Waals surface area contributed by atoms with Crippen LogP contribution in [0.4, 0.5) is 0 Å². The molecule has 0 atom stereocenters. The van der Waals surface area contributed by atoms with Gasteiger partial charge in [-0.1, -0.05) is 24.9 Å². The average molecular weight is 424 g/mol. The van der Waals surface area contributed by atoms with Crippen LogP contribution in [0.2, 0.25) is 5.02 Å². The first-order chi connectivity index (χ1) is 12.3. The van der Waals surface area contributed by atoms with E-state index < -0.39 is 20.0 Å². The van der Waals surface area contributed by atoms with E-state index in [4.69, 9.17) is 11.6 Å². The molecule has 1 aromatic rings. The van der Waals surface area contributed by atoms with Crippen molar-refractivity contribution < 1.29 is 16.8 Å². The van der Waals surface area contributed by atoms with E-state index in [1.807, 2.05) is 6.92 Å². The normalized spacial score (nSPS) is 16.9. The number of hydrogen-bond acceptors (Lipinski definition) is 5. The number of halogens is 1. The molecule has 2 rings (SSSR count). The van der Waals surface area contributed by atoms with E-state index in [0.717, 1.165) is 6.42 Å². The Kier molecular flexibility index (Phi) is 7.87. The van der Waals surface area contributed by atoms with Crippen LogP contribution in [0.5, 0.6) is 0 Å². The van der Waals surface area contributed by atoms with Crippen LogP contribution in [-0.4, -0.2) is 70.5 Å². The number of piperazine rings is 1. The van der Waals surface area contributed by atoms with Crippen LogP contribution in [0.25, 0.3) is 0 Å². The van der Waals surface area contributed by atoms with E-state index in [-0.39, 0.29) is 17.2 Å². The molecule has 1 fully saturated rings. The standard InChI is InChI=1S/C16H26ClN3O4S2/c1-2-3-10-20(26(23,24)16-6-4-15(17)5-7-16)13-14-25(21,22)19-11-8-18-9-12-19/h4-7,18H,2-3,8-14H2,1H3. The molecule has 1 aliphatic heterocycles. The summed E-state index contributed by atoms with van der Waals surface area (Å²) in [6, 6.07) is 5.93. The molecule has 0 aliphatic carbocycles. The Morgan fingerprint density at radius 2 is 1.69 bits per heavy atom. The highest BCUT2D eigenvalue weighted by Gasteiger charge is 2.29. The predicted octanol–water partition coefficient (Wildman–Crippen LogP) is 1.37. The van der Waals surface area contributed by atoms with E-state index in [9.17, 15) is 16.8 Å². The topological polar surface area (TPSA) is 86.8 Å². The van der Waals surface area contributed by atoms with E-state index >= 15 is 0 Å². The highest BCUT2D eigenvalue weighted by Crippen LogP contribution is 2.19. The van der Waals surface area contributed by atoms with Gasteiger partial charge in [-0.3, -0.25) is 0 Å². The quantitative estimate of drug-likeness (QED) is 0.648. The van der Waals surface area contributed by atoms with E-state index in [1.165, 1.54) is 32.9 Å². The molecule has 0 bridgehead atoms. The molecule has 1 N–H and O–H groups in total. The average Bonchev–Trinajstić information content (AvgIpc) is 2.62. The van der Waals surface area contributed by atoms with Gasteiger partial charge in [0, 0.05) is 44.3 Å². The molecular formula is C16H26ClN3O4S2. The molecule has 0 radical (unpaired) electrons. The van der Waals surface area contributed by atoms with Crippen molar-refractivity contribution in [3.05, 3.63) is 29.3 Å². The molecular weight excluding hydrogens is 398 g/mol. The summed E-state index contributed by atoms with van der Waals surface area (Å²) in [7, 11) is -7.25. The lowest BCUT2D eigenvalue weighted by Crippen LogP contribution is -2.48. The molecule has 1 aliphatic rings. The third kappa shape index (κ3) is 5.64. The molecule has 1 saturated heterocycles.